The molecule has 2 aromatic carbocycles. The Bertz CT molecular complexity index is 1410. The van der Waals surface area contributed by atoms with Crippen LogP contribution in [0.2, 0.25) is 0 Å². The summed E-state index contributed by atoms with van der Waals surface area (Å²) < 4.78 is 12.9. The minimum atomic E-state index is -0.146. The number of hydrogen-bond donors (Lipinski definition) is 2. The predicted octanol–water partition coefficient (Wildman–Crippen LogP) is 4.91. The zero-order chi connectivity index (χ0) is 28.3. The molecule has 0 unspecified atom stereocenters. The maximum atomic E-state index is 13.1. The van der Waals surface area contributed by atoms with Gasteiger partial charge >= 0.3 is 0 Å². The van der Waals surface area contributed by atoms with Gasteiger partial charge in [-0.05, 0) is 63.6 Å². The summed E-state index contributed by atoms with van der Waals surface area (Å²) in [5, 5.41) is 16.7. The summed E-state index contributed by atoms with van der Waals surface area (Å²) in [5.74, 6) is 1.85. The monoisotopic (exact) mass is 530 g/mol. The van der Waals surface area contributed by atoms with Crippen LogP contribution in [0, 0.1) is 12.3 Å². The van der Waals surface area contributed by atoms with Crippen LogP contribution in [0.3, 0.4) is 0 Å². The first-order chi connectivity index (χ1) is 18.7. The number of nitrogens with one attached hydrogen (secondary N) is 2. The smallest absolute Gasteiger partial charge is 0.250 e. The number of aryl methyl sites for hydroxylation is 1. The molecule has 1 heterocycles. The molecule has 9 nitrogen and oxygen atoms in total. The number of carbonyl (C=O) groups is 1. The molecule has 0 atom stereocenters. The maximum absolute atomic E-state index is 13.1. The van der Waals surface area contributed by atoms with Gasteiger partial charge in [-0.3, -0.25) is 9.69 Å². The Morgan fingerprint density at radius 2 is 1.87 bits per heavy atom. The topological polar surface area (TPSA) is 95.7 Å². The van der Waals surface area contributed by atoms with Crippen molar-refractivity contribution in [2.24, 2.45) is 0 Å². The summed E-state index contributed by atoms with van der Waals surface area (Å²) >= 11 is 0. The van der Waals surface area contributed by atoms with E-state index in [4.69, 9.17) is 20.0 Å². The highest BCUT2D eigenvalue weighted by atomic mass is 16.5. The first kappa shape index (κ1) is 27.9. The van der Waals surface area contributed by atoms with Crippen LogP contribution >= 0.6 is 0 Å². The van der Waals surface area contributed by atoms with Crippen molar-refractivity contribution >= 4 is 23.1 Å². The SMILES string of the molecule is CNc1c(C(C)=N)c(-c2ccc(C)c(OC)c2)nn1-c1ccc(OC)c(N(C)C(=O)/C=C/CN(C)C2CC2)c1. The van der Waals surface area contributed by atoms with Crippen LogP contribution in [-0.2, 0) is 4.79 Å². The maximum Gasteiger partial charge on any atom is 0.250 e. The van der Waals surface area contributed by atoms with Crippen LogP contribution in [0.1, 0.15) is 30.9 Å². The summed E-state index contributed by atoms with van der Waals surface area (Å²) in [4.78, 5) is 16.9. The molecule has 206 valence electrons. The van der Waals surface area contributed by atoms with Gasteiger partial charge in [0.1, 0.15) is 23.0 Å². The number of ether oxygens (including phenoxy) is 2. The number of anilines is 2. The second kappa shape index (κ2) is 11.7. The second-order valence-corrected chi connectivity index (χ2v) is 9.87. The van der Waals surface area contributed by atoms with E-state index in [2.05, 4.69) is 17.3 Å². The molecule has 0 saturated heterocycles. The van der Waals surface area contributed by atoms with Crippen LogP contribution in [-0.4, -0.2) is 74.2 Å². The molecule has 1 aliphatic carbocycles. The fourth-order valence-electron chi connectivity index (χ4n) is 4.65. The van der Waals surface area contributed by atoms with Gasteiger partial charge < -0.3 is 25.1 Å². The van der Waals surface area contributed by atoms with E-state index in [1.165, 1.54) is 12.8 Å². The highest BCUT2D eigenvalue weighted by Crippen LogP contribution is 2.36. The van der Waals surface area contributed by atoms with Crippen molar-refractivity contribution in [3.8, 4) is 28.4 Å². The number of amides is 1. The van der Waals surface area contributed by atoms with Crippen molar-refractivity contribution in [3.63, 3.8) is 0 Å². The van der Waals surface area contributed by atoms with Gasteiger partial charge in [0.05, 0.1) is 31.2 Å². The van der Waals surface area contributed by atoms with Crippen LogP contribution in [0.15, 0.2) is 48.6 Å². The Kier molecular flexibility index (Phi) is 8.40. The molecular formula is C30H38N6O3. The van der Waals surface area contributed by atoms with Gasteiger partial charge in [-0.15, -0.1) is 0 Å². The molecule has 1 aliphatic rings. The van der Waals surface area contributed by atoms with E-state index in [0.29, 0.717) is 40.3 Å². The Morgan fingerprint density at radius 1 is 1.15 bits per heavy atom. The average molecular weight is 531 g/mol. The van der Waals surface area contributed by atoms with E-state index in [1.54, 1.807) is 43.8 Å². The third kappa shape index (κ3) is 5.83. The molecule has 1 saturated carbocycles. The highest BCUT2D eigenvalue weighted by Gasteiger charge is 2.25. The lowest BCUT2D eigenvalue weighted by molar-refractivity contribution is -0.113. The largest absolute Gasteiger partial charge is 0.496 e. The normalized spacial score (nSPS) is 13.1. The van der Waals surface area contributed by atoms with E-state index >= 15 is 0 Å². The first-order valence-electron chi connectivity index (χ1n) is 13.0. The van der Waals surface area contributed by atoms with Gasteiger partial charge in [0.15, 0.2) is 0 Å². The van der Waals surface area contributed by atoms with E-state index in [-0.39, 0.29) is 5.91 Å². The summed E-state index contributed by atoms with van der Waals surface area (Å²) in [5.41, 5.74) is 4.93. The van der Waals surface area contributed by atoms with Gasteiger partial charge in [0.25, 0.3) is 5.91 Å². The van der Waals surface area contributed by atoms with Gasteiger partial charge in [-0.1, -0.05) is 18.2 Å². The lowest BCUT2D eigenvalue weighted by Gasteiger charge is -2.20. The molecule has 0 radical (unpaired) electrons. The highest BCUT2D eigenvalue weighted by molar-refractivity contribution is 6.06. The Morgan fingerprint density at radius 3 is 2.49 bits per heavy atom. The third-order valence-corrected chi connectivity index (χ3v) is 7.10. The van der Waals surface area contributed by atoms with Crippen molar-refractivity contribution in [3.05, 3.63) is 59.7 Å². The number of nitrogens with zero attached hydrogens (tertiary/aromatic N) is 4. The fraction of sp³-hybridized carbons (Fsp3) is 0.367. The molecule has 0 aliphatic heterocycles. The molecule has 3 aromatic rings. The van der Waals surface area contributed by atoms with Crippen molar-refractivity contribution in [1.29, 1.82) is 5.41 Å². The number of likely N-dealkylation sites (N-methyl/N-ethyl adjacent to an activating group) is 2. The minimum Gasteiger partial charge on any atom is -0.496 e. The van der Waals surface area contributed by atoms with Gasteiger partial charge in [-0.25, -0.2) is 4.68 Å². The molecule has 2 N–H and O–H groups in total. The molecule has 9 heteroatoms. The van der Waals surface area contributed by atoms with Crippen LogP contribution in [0.4, 0.5) is 11.5 Å². The van der Waals surface area contributed by atoms with Crippen LogP contribution < -0.4 is 19.7 Å². The lowest BCUT2D eigenvalue weighted by Crippen LogP contribution is -2.26. The fourth-order valence-corrected chi connectivity index (χ4v) is 4.65. The number of aromatic nitrogens is 2. The van der Waals surface area contributed by atoms with Crippen LogP contribution in [0.5, 0.6) is 11.5 Å². The van der Waals surface area contributed by atoms with E-state index in [1.807, 2.05) is 56.4 Å². The molecule has 1 amide bonds. The Hall–Kier alpha value is -4.11. The summed E-state index contributed by atoms with van der Waals surface area (Å²) in [6, 6.07) is 12.1. The minimum absolute atomic E-state index is 0.146. The molecule has 39 heavy (non-hydrogen) atoms. The van der Waals surface area contributed by atoms with Gasteiger partial charge in [0.2, 0.25) is 0 Å². The molecule has 1 aromatic heterocycles. The van der Waals surface area contributed by atoms with Gasteiger partial charge in [-0.2, -0.15) is 5.10 Å². The Labute approximate surface area is 230 Å². The third-order valence-electron chi connectivity index (χ3n) is 7.10. The standard InChI is InChI=1S/C30H38N6O3/c1-19-10-11-21(17-26(19)39-7)29-28(20(2)31)30(32-3)36(33-29)23-14-15-25(38-6)24(18-23)35(5)27(37)9-8-16-34(4)22-12-13-22/h8-11,14-15,17-18,22,31-32H,12-13,16H2,1-7H3/b9-8+,31-20?. The summed E-state index contributed by atoms with van der Waals surface area (Å²) in [6.45, 7) is 4.47. The quantitative estimate of drug-likeness (QED) is 0.270. The van der Waals surface area contributed by atoms with Crippen molar-refractivity contribution in [2.45, 2.75) is 32.7 Å². The zero-order valence-corrected chi connectivity index (χ0v) is 23.8. The second-order valence-electron chi connectivity index (χ2n) is 9.87. The predicted molar refractivity (Wildman–Crippen MR) is 157 cm³/mol. The zero-order valence-electron chi connectivity index (χ0n) is 23.8. The van der Waals surface area contributed by atoms with Crippen molar-refractivity contribution < 1.29 is 14.3 Å². The number of benzene rings is 2. The molecule has 1 fully saturated rings. The Balaban J connectivity index is 1.74. The van der Waals surface area contributed by atoms with E-state index in [9.17, 15) is 4.79 Å². The summed E-state index contributed by atoms with van der Waals surface area (Å²) in [7, 11) is 8.85. The summed E-state index contributed by atoms with van der Waals surface area (Å²) in [6.07, 6.45) is 5.96. The van der Waals surface area contributed by atoms with Crippen molar-refractivity contribution in [1.82, 2.24) is 14.7 Å². The number of methoxy groups -OCH3 is 2. The van der Waals surface area contributed by atoms with E-state index < -0.39 is 0 Å². The molecule has 0 bridgehead atoms. The molecule has 0 spiro atoms. The molecular weight excluding hydrogens is 492 g/mol. The van der Waals surface area contributed by atoms with E-state index in [0.717, 1.165) is 29.1 Å². The van der Waals surface area contributed by atoms with Crippen molar-refractivity contribution in [2.75, 3.05) is 52.1 Å². The van der Waals surface area contributed by atoms with Crippen LogP contribution in [0.25, 0.3) is 16.9 Å². The number of rotatable bonds is 11. The average Bonchev–Trinajstić information content (AvgIpc) is 3.72. The number of carbonyl (C=O) groups excluding carboxylic acids is 1. The first-order valence-corrected chi connectivity index (χ1v) is 13.0. The lowest BCUT2D eigenvalue weighted by atomic mass is 10.0. The molecule has 4 rings (SSSR count). The van der Waals surface area contributed by atoms with Gasteiger partial charge in [0, 0.05) is 44.0 Å². The number of hydrogen-bond acceptors (Lipinski definition) is 7.